The first kappa shape index (κ1) is 13.4. The van der Waals surface area contributed by atoms with Crippen molar-refractivity contribution in [2.75, 3.05) is 27.2 Å². The number of phenols is 1. The largest absolute Gasteiger partial charge is 0.508 e. The van der Waals surface area contributed by atoms with Crippen LogP contribution >= 0.6 is 0 Å². The highest BCUT2D eigenvalue weighted by molar-refractivity contribution is 5.36. The summed E-state index contributed by atoms with van der Waals surface area (Å²) in [6.45, 7) is 4.09. The van der Waals surface area contributed by atoms with Crippen LogP contribution in [-0.4, -0.2) is 42.1 Å². The van der Waals surface area contributed by atoms with E-state index in [4.69, 9.17) is 0 Å². The van der Waals surface area contributed by atoms with Crippen LogP contribution < -0.4 is 0 Å². The predicted molar refractivity (Wildman–Crippen MR) is 74.3 cm³/mol. The Labute approximate surface area is 110 Å². The van der Waals surface area contributed by atoms with Crippen molar-refractivity contribution in [2.24, 2.45) is 0 Å². The molecule has 1 saturated heterocycles. The molecule has 0 unspecified atom stereocenters. The molecule has 3 nitrogen and oxygen atoms in total. The molecule has 1 aliphatic rings. The first-order chi connectivity index (χ1) is 8.65. The Morgan fingerprint density at radius 2 is 1.94 bits per heavy atom. The molecule has 0 spiro atoms. The monoisotopic (exact) mass is 247 g/mol. The Kier molecular flexibility index (Phi) is 4.61. The molecule has 0 bridgehead atoms. The van der Waals surface area contributed by atoms with E-state index in [-0.39, 0.29) is 0 Å². The van der Waals surface area contributed by atoms with Crippen LogP contribution in [0.25, 0.3) is 0 Å². The van der Waals surface area contributed by atoms with Crippen molar-refractivity contribution < 1.29 is 5.11 Å². The minimum atomic E-state index is 0.402. The van der Waals surface area contributed by atoms with E-state index < -0.39 is 0 Å². The van der Waals surface area contributed by atoms with Gasteiger partial charge < -0.3 is 10.0 Å². The Morgan fingerprint density at radius 1 is 1.22 bits per heavy atom. The Balaban J connectivity index is 2.03. The molecule has 2 rings (SSSR count). The number of likely N-dealkylation sites (tertiary alicyclic amines) is 1. The number of hydrogen-bond acceptors (Lipinski definition) is 3. The van der Waals surface area contributed by atoms with Gasteiger partial charge in [-0.15, -0.1) is 0 Å². The van der Waals surface area contributed by atoms with Crippen LogP contribution in [0.5, 0.6) is 5.75 Å². The summed E-state index contributed by atoms with van der Waals surface area (Å²) in [5.41, 5.74) is 2.31. The molecule has 1 aliphatic heterocycles. The molecule has 0 atom stereocenters. The second kappa shape index (κ2) is 6.21. The molecular formula is C15H23N2O. The van der Waals surface area contributed by atoms with Crippen LogP contribution in [0.1, 0.15) is 24.0 Å². The third kappa shape index (κ3) is 3.72. The molecule has 0 aliphatic carbocycles. The van der Waals surface area contributed by atoms with Gasteiger partial charge in [0.1, 0.15) is 5.75 Å². The molecule has 0 saturated carbocycles. The first-order valence-electron chi connectivity index (χ1n) is 6.64. The van der Waals surface area contributed by atoms with Crippen LogP contribution in [-0.2, 0) is 13.1 Å². The van der Waals surface area contributed by atoms with Crippen molar-refractivity contribution in [2.45, 2.75) is 25.9 Å². The van der Waals surface area contributed by atoms with E-state index >= 15 is 0 Å². The molecule has 1 N–H and O–H groups in total. The van der Waals surface area contributed by atoms with Crippen LogP contribution in [0, 0.1) is 6.42 Å². The van der Waals surface area contributed by atoms with E-state index in [1.807, 2.05) is 26.2 Å². The zero-order valence-corrected chi connectivity index (χ0v) is 11.4. The third-order valence-corrected chi connectivity index (χ3v) is 3.34. The Hall–Kier alpha value is -1.06. The summed E-state index contributed by atoms with van der Waals surface area (Å²) < 4.78 is 0. The molecule has 1 heterocycles. The quantitative estimate of drug-likeness (QED) is 0.884. The van der Waals surface area contributed by atoms with E-state index in [0.717, 1.165) is 31.7 Å². The number of nitrogens with zero attached hydrogens (tertiary/aromatic N) is 2. The predicted octanol–water partition coefficient (Wildman–Crippen LogP) is 2.25. The highest BCUT2D eigenvalue weighted by Crippen LogP contribution is 2.21. The van der Waals surface area contributed by atoms with Crippen molar-refractivity contribution >= 4 is 0 Å². The van der Waals surface area contributed by atoms with Gasteiger partial charge in [-0.25, -0.2) is 0 Å². The molecule has 0 aromatic heterocycles. The van der Waals surface area contributed by atoms with Gasteiger partial charge in [0, 0.05) is 18.7 Å². The Bertz CT molecular complexity index is 384. The van der Waals surface area contributed by atoms with Gasteiger partial charge in [-0.05, 0) is 64.1 Å². The second-order valence-corrected chi connectivity index (χ2v) is 5.34. The van der Waals surface area contributed by atoms with E-state index in [9.17, 15) is 5.11 Å². The summed E-state index contributed by atoms with van der Waals surface area (Å²) in [5, 5.41) is 9.84. The topological polar surface area (TPSA) is 26.7 Å². The van der Waals surface area contributed by atoms with Gasteiger partial charge in [0.2, 0.25) is 0 Å². The molecule has 1 aromatic carbocycles. The number of hydrogen-bond donors (Lipinski definition) is 1. The normalized spacial score (nSPS) is 17.3. The van der Waals surface area contributed by atoms with Crippen molar-refractivity contribution in [1.29, 1.82) is 0 Å². The average Bonchev–Trinajstić information content (AvgIpc) is 2.34. The smallest absolute Gasteiger partial charge is 0.120 e. The van der Waals surface area contributed by atoms with Crippen LogP contribution in [0.2, 0.25) is 0 Å². The number of phenolic OH excluding ortho intramolecular Hbond substituents is 1. The summed E-state index contributed by atoms with van der Waals surface area (Å²) in [6.07, 6.45) is 4.76. The maximum absolute atomic E-state index is 9.84. The summed E-state index contributed by atoms with van der Waals surface area (Å²) in [5.74, 6) is 0.402. The SMILES string of the molecule is CN(C)Cc1cc(CN2CC[CH]CC2)ccc1O. The standard InChI is InChI=1S/C15H23N2O/c1-16(2)12-14-10-13(6-7-15(14)18)11-17-8-4-3-5-9-17/h3,6-7,10,18H,4-5,8-9,11-12H2,1-2H3. The maximum atomic E-state index is 9.84. The minimum Gasteiger partial charge on any atom is -0.508 e. The minimum absolute atomic E-state index is 0.402. The van der Waals surface area contributed by atoms with Crippen LogP contribution in [0.4, 0.5) is 0 Å². The number of piperidine rings is 1. The lowest BCUT2D eigenvalue weighted by atomic mass is 10.1. The number of aromatic hydroxyl groups is 1. The van der Waals surface area contributed by atoms with Crippen LogP contribution in [0.3, 0.4) is 0 Å². The zero-order valence-electron chi connectivity index (χ0n) is 11.4. The van der Waals surface area contributed by atoms with E-state index in [1.54, 1.807) is 0 Å². The molecule has 18 heavy (non-hydrogen) atoms. The fourth-order valence-corrected chi connectivity index (χ4v) is 2.42. The molecule has 1 fully saturated rings. The molecule has 1 radical (unpaired) electrons. The van der Waals surface area contributed by atoms with Gasteiger partial charge in [-0.1, -0.05) is 6.07 Å². The molecule has 0 amide bonds. The van der Waals surface area contributed by atoms with Gasteiger partial charge in [0.05, 0.1) is 0 Å². The maximum Gasteiger partial charge on any atom is 0.120 e. The fraction of sp³-hybridized carbons (Fsp3) is 0.533. The van der Waals surface area contributed by atoms with Crippen molar-refractivity contribution in [3.8, 4) is 5.75 Å². The summed E-state index contributed by atoms with van der Waals surface area (Å²) >= 11 is 0. The van der Waals surface area contributed by atoms with Crippen LogP contribution in [0.15, 0.2) is 18.2 Å². The highest BCUT2D eigenvalue weighted by Gasteiger charge is 2.11. The van der Waals surface area contributed by atoms with Gasteiger partial charge in [0.15, 0.2) is 0 Å². The second-order valence-electron chi connectivity index (χ2n) is 5.34. The molecule has 1 aromatic rings. The molecule has 99 valence electrons. The van der Waals surface area contributed by atoms with E-state index in [0.29, 0.717) is 5.75 Å². The van der Waals surface area contributed by atoms with Crippen molar-refractivity contribution in [3.05, 3.63) is 35.7 Å². The highest BCUT2D eigenvalue weighted by atomic mass is 16.3. The first-order valence-corrected chi connectivity index (χ1v) is 6.64. The molecular weight excluding hydrogens is 224 g/mol. The van der Waals surface area contributed by atoms with Gasteiger partial charge >= 0.3 is 0 Å². The van der Waals surface area contributed by atoms with E-state index in [1.165, 1.54) is 18.4 Å². The number of benzene rings is 1. The van der Waals surface area contributed by atoms with E-state index in [2.05, 4.69) is 22.3 Å². The van der Waals surface area contributed by atoms with Gasteiger partial charge in [0.25, 0.3) is 0 Å². The number of rotatable bonds is 4. The lowest BCUT2D eigenvalue weighted by Crippen LogP contribution is -2.29. The van der Waals surface area contributed by atoms with Crippen molar-refractivity contribution in [1.82, 2.24) is 9.80 Å². The summed E-state index contributed by atoms with van der Waals surface area (Å²) in [4.78, 5) is 4.56. The average molecular weight is 247 g/mol. The summed E-state index contributed by atoms with van der Waals surface area (Å²) in [6, 6.07) is 5.99. The van der Waals surface area contributed by atoms with Gasteiger partial charge in [-0.3, -0.25) is 4.90 Å². The molecule has 3 heteroatoms. The third-order valence-electron chi connectivity index (χ3n) is 3.34. The summed E-state index contributed by atoms with van der Waals surface area (Å²) in [7, 11) is 4.04. The fourth-order valence-electron chi connectivity index (χ4n) is 2.42. The zero-order chi connectivity index (χ0) is 13.0. The lowest BCUT2D eigenvalue weighted by Gasteiger charge is -2.26. The lowest BCUT2D eigenvalue weighted by molar-refractivity contribution is 0.246. The Morgan fingerprint density at radius 3 is 2.61 bits per heavy atom. The van der Waals surface area contributed by atoms with Crippen molar-refractivity contribution in [3.63, 3.8) is 0 Å². The van der Waals surface area contributed by atoms with Gasteiger partial charge in [-0.2, -0.15) is 0 Å².